The molecule has 0 saturated heterocycles. The smallest absolute Gasteiger partial charge is 0.247 e. The Labute approximate surface area is 129 Å². The molecule has 0 saturated carbocycles. The summed E-state index contributed by atoms with van der Waals surface area (Å²) >= 11 is 0. The molecule has 0 aliphatic carbocycles. The van der Waals surface area contributed by atoms with Gasteiger partial charge in [-0.15, -0.1) is 0 Å². The van der Waals surface area contributed by atoms with E-state index in [4.69, 9.17) is 0 Å². The lowest BCUT2D eigenvalue weighted by Crippen LogP contribution is -2.34. The number of rotatable bonds is 6. The van der Waals surface area contributed by atoms with Crippen LogP contribution in [0.25, 0.3) is 0 Å². The maximum atomic E-state index is 12.6. The van der Waals surface area contributed by atoms with Crippen LogP contribution in [0.1, 0.15) is 17.3 Å². The predicted molar refractivity (Wildman–Crippen MR) is 84.3 cm³/mol. The van der Waals surface area contributed by atoms with Crippen LogP contribution in [-0.4, -0.2) is 27.0 Å². The van der Waals surface area contributed by atoms with E-state index in [2.05, 4.69) is 15.3 Å². The molecule has 0 fully saturated rings. The lowest BCUT2D eigenvalue weighted by Gasteiger charge is -2.19. The van der Waals surface area contributed by atoms with Crippen molar-refractivity contribution in [3.05, 3.63) is 78.6 Å². The first-order valence-corrected chi connectivity index (χ1v) is 7.27. The van der Waals surface area contributed by atoms with Gasteiger partial charge >= 0.3 is 0 Å². The van der Waals surface area contributed by atoms with Crippen molar-refractivity contribution in [2.45, 2.75) is 12.5 Å². The topological polar surface area (TPSA) is 62.7 Å². The van der Waals surface area contributed by atoms with Gasteiger partial charge in [-0.2, -0.15) is 0 Å². The van der Waals surface area contributed by atoms with Crippen LogP contribution >= 0.6 is 0 Å². The number of nitrogens with zero attached hydrogens (tertiary/aromatic N) is 2. The fourth-order valence-corrected chi connectivity index (χ4v) is 2.45. The molecule has 5 heteroatoms. The molecule has 5 nitrogen and oxygen atoms in total. The van der Waals surface area contributed by atoms with E-state index < -0.39 is 0 Å². The number of hydrogen-bond acceptors (Lipinski definition) is 2. The highest BCUT2D eigenvalue weighted by Gasteiger charge is 2.21. The molecule has 1 atom stereocenters. The van der Waals surface area contributed by atoms with E-state index in [0.29, 0.717) is 6.54 Å². The van der Waals surface area contributed by atoms with Gasteiger partial charge in [-0.25, -0.2) is 4.98 Å². The summed E-state index contributed by atoms with van der Waals surface area (Å²) < 4.78 is 1.92. The number of carbonyl (C=O) groups is 1. The predicted octanol–water partition coefficient (Wildman–Crippen LogP) is 2.16. The van der Waals surface area contributed by atoms with E-state index in [1.807, 2.05) is 59.4 Å². The summed E-state index contributed by atoms with van der Waals surface area (Å²) in [5.74, 6) is -0.0121. The molecule has 2 aromatic heterocycles. The molecule has 2 N–H and O–H groups in total. The highest BCUT2D eigenvalue weighted by atomic mass is 16.2. The largest absolute Gasteiger partial charge is 0.354 e. The number of aromatic amines is 1. The lowest BCUT2D eigenvalue weighted by atomic mass is 10.1. The Morgan fingerprint density at radius 1 is 1.18 bits per heavy atom. The Hall–Kier alpha value is -2.82. The van der Waals surface area contributed by atoms with Crippen LogP contribution in [-0.2, 0) is 11.2 Å². The van der Waals surface area contributed by atoms with Gasteiger partial charge in [-0.3, -0.25) is 4.79 Å². The third-order valence-corrected chi connectivity index (χ3v) is 3.54. The highest BCUT2D eigenvalue weighted by Crippen LogP contribution is 2.18. The maximum absolute atomic E-state index is 12.6. The molecule has 22 heavy (non-hydrogen) atoms. The molecule has 1 aromatic carbocycles. The summed E-state index contributed by atoms with van der Waals surface area (Å²) in [5, 5.41) is 3.00. The van der Waals surface area contributed by atoms with Crippen LogP contribution in [0.15, 0.2) is 67.4 Å². The molecule has 0 aliphatic heterocycles. The Morgan fingerprint density at radius 2 is 1.95 bits per heavy atom. The number of aromatic nitrogens is 3. The average Bonchev–Trinajstić information content (AvgIpc) is 3.22. The number of benzene rings is 1. The summed E-state index contributed by atoms with van der Waals surface area (Å²) in [7, 11) is 0. The fraction of sp³-hybridized carbons (Fsp3) is 0.176. The Balaban J connectivity index is 1.70. The second kappa shape index (κ2) is 6.76. The monoisotopic (exact) mass is 294 g/mol. The highest BCUT2D eigenvalue weighted by molar-refractivity contribution is 5.83. The van der Waals surface area contributed by atoms with Crippen LogP contribution < -0.4 is 5.32 Å². The number of amides is 1. The number of hydrogen-bond donors (Lipinski definition) is 2. The van der Waals surface area contributed by atoms with E-state index >= 15 is 0 Å². The third kappa shape index (κ3) is 3.25. The second-order valence-electron chi connectivity index (χ2n) is 5.06. The van der Waals surface area contributed by atoms with E-state index in [0.717, 1.165) is 17.7 Å². The first kappa shape index (κ1) is 14.1. The van der Waals surface area contributed by atoms with Crippen LogP contribution in [0, 0.1) is 0 Å². The first-order valence-electron chi connectivity index (χ1n) is 7.27. The molecule has 0 bridgehead atoms. The van der Waals surface area contributed by atoms with Gasteiger partial charge < -0.3 is 14.9 Å². The normalized spacial score (nSPS) is 12.0. The van der Waals surface area contributed by atoms with Crippen LogP contribution in [0.4, 0.5) is 0 Å². The summed E-state index contributed by atoms with van der Waals surface area (Å²) in [6.45, 7) is 0.575. The second-order valence-corrected chi connectivity index (χ2v) is 5.06. The molecular formula is C17H18N4O. The van der Waals surface area contributed by atoms with Crippen LogP contribution in [0.3, 0.4) is 0 Å². The molecule has 112 valence electrons. The van der Waals surface area contributed by atoms with Gasteiger partial charge in [0.2, 0.25) is 5.91 Å². The van der Waals surface area contributed by atoms with E-state index in [-0.39, 0.29) is 11.9 Å². The van der Waals surface area contributed by atoms with Gasteiger partial charge in [0.05, 0.1) is 6.33 Å². The number of carbonyl (C=O) groups excluding carboxylic acids is 1. The van der Waals surface area contributed by atoms with Crippen molar-refractivity contribution in [2.75, 3.05) is 6.54 Å². The van der Waals surface area contributed by atoms with Gasteiger partial charge in [0, 0.05) is 37.3 Å². The fourth-order valence-electron chi connectivity index (χ4n) is 2.45. The standard InChI is InChI=1S/C17H18N4O/c22-17(19-9-8-15-12-18-13-20-15)16(21-10-4-5-11-21)14-6-2-1-3-7-14/h1-7,10-13,16H,8-9H2,(H,18,20)(H,19,22). The quantitative estimate of drug-likeness (QED) is 0.732. The van der Waals surface area contributed by atoms with Gasteiger partial charge in [-0.05, 0) is 17.7 Å². The van der Waals surface area contributed by atoms with Gasteiger partial charge in [0.1, 0.15) is 6.04 Å². The number of nitrogens with one attached hydrogen (secondary N) is 2. The van der Waals surface area contributed by atoms with Crippen molar-refractivity contribution >= 4 is 5.91 Å². The van der Waals surface area contributed by atoms with Crippen LogP contribution in [0.5, 0.6) is 0 Å². The van der Waals surface area contributed by atoms with Crippen molar-refractivity contribution in [3.63, 3.8) is 0 Å². The van der Waals surface area contributed by atoms with Crippen molar-refractivity contribution < 1.29 is 4.79 Å². The molecule has 0 aliphatic rings. The minimum absolute atomic E-state index is 0.0121. The van der Waals surface area contributed by atoms with E-state index in [1.54, 1.807) is 12.5 Å². The Bertz CT molecular complexity index is 690. The van der Waals surface area contributed by atoms with Gasteiger partial charge in [0.15, 0.2) is 0 Å². The molecule has 0 spiro atoms. The van der Waals surface area contributed by atoms with Gasteiger partial charge in [-0.1, -0.05) is 30.3 Å². The zero-order valence-electron chi connectivity index (χ0n) is 12.1. The minimum Gasteiger partial charge on any atom is -0.354 e. The van der Waals surface area contributed by atoms with E-state index in [1.165, 1.54) is 0 Å². The van der Waals surface area contributed by atoms with Crippen molar-refractivity contribution in [2.24, 2.45) is 0 Å². The zero-order chi connectivity index (χ0) is 15.2. The molecule has 3 aromatic rings. The molecular weight excluding hydrogens is 276 g/mol. The summed E-state index contributed by atoms with van der Waals surface area (Å²) in [6, 6.07) is 13.3. The Morgan fingerprint density at radius 3 is 2.64 bits per heavy atom. The summed E-state index contributed by atoms with van der Waals surface area (Å²) in [5.41, 5.74) is 1.98. The molecule has 0 radical (unpaired) electrons. The van der Waals surface area contributed by atoms with Crippen LogP contribution in [0.2, 0.25) is 0 Å². The zero-order valence-corrected chi connectivity index (χ0v) is 12.1. The summed E-state index contributed by atoms with van der Waals surface area (Å²) in [4.78, 5) is 19.6. The third-order valence-electron chi connectivity index (χ3n) is 3.54. The van der Waals surface area contributed by atoms with E-state index in [9.17, 15) is 4.79 Å². The minimum atomic E-state index is -0.349. The molecule has 1 unspecified atom stereocenters. The maximum Gasteiger partial charge on any atom is 0.247 e. The summed E-state index contributed by atoms with van der Waals surface area (Å²) in [6.07, 6.45) is 7.97. The molecule has 1 amide bonds. The first-order chi connectivity index (χ1) is 10.8. The lowest BCUT2D eigenvalue weighted by molar-refractivity contribution is -0.123. The average molecular weight is 294 g/mol. The number of imidazole rings is 1. The Kier molecular flexibility index (Phi) is 4.34. The molecule has 2 heterocycles. The molecule has 3 rings (SSSR count). The van der Waals surface area contributed by atoms with Gasteiger partial charge in [0.25, 0.3) is 0 Å². The van der Waals surface area contributed by atoms with Crippen molar-refractivity contribution in [1.82, 2.24) is 19.9 Å². The SMILES string of the molecule is O=C(NCCc1cnc[nH]1)C(c1ccccc1)n1cccc1. The van der Waals surface area contributed by atoms with Crippen molar-refractivity contribution in [3.8, 4) is 0 Å². The van der Waals surface area contributed by atoms with Crippen molar-refractivity contribution in [1.29, 1.82) is 0 Å². The number of H-pyrrole nitrogens is 1.